The van der Waals surface area contributed by atoms with Crippen LogP contribution < -0.4 is 10.2 Å². The van der Waals surface area contributed by atoms with Crippen LogP contribution in [-0.2, 0) is 66.2 Å². The van der Waals surface area contributed by atoms with Gasteiger partial charge in [0.25, 0.3) is 0 Å². The maximum absolute atomic E-state index is 13.9. The number of carbonyl (C=O) groups excluding carboxylic acids is 20. The molecule has 0 N–H and O–H groups in total. The molecule has 0 atom stereocenters. The van der Waals surface area contributed by atoms with Crippen LogP contribution in [-0.4, -0.2) is 128 Å². The maximum atomic E-state index is 13.9. The van der Waals surface area contributed by atoms with Crippen LogP contribution in [0.3, 0.4) is 0 Å². The fourth-order valence-electron chi connectivity index (χ4n) is 13.8. The van der Waals surface area contributed by atoms with Crippen LogP contribution >= 0.6 is 0 Å². The van der Waals surface area contributed by atoms with E-state index in [2.05, 4.69) is 0 Å². The number of hydrogen-bond acceptors (Lipinski definition) is 23. The van der Waals surface area contributed by atoms with Crippen molar-refractivity contribution in [3.63, 3.8) is 0 Å². The maximum Gasteiger partial charge on any atom is 0.411 e. The van der Waals surface area contributed by atoms with Crippen LogP contribution in [0.1, 0.15) is 308 Å². The van der Waals surface area contributed by atoms with Crippen molar-refractivity contribution in [1.82, 2.24) is 0 Å². The molecule has 0 aliphatic heterocycles. The fourth-order valence-corrected chi connectivity index (χ4v) is 13.8. The molecular formula is C121H122F6O23. The van der Waals surface area contributed by atoms with Crippen molar-refractivity contribution in [1.29, 1.82) is 0 Å². The van der Waals surface area contributed by atoms with Crippen molar-refractivity contribution in [2.75, 3.05) is 0 Å². The number of benzene rings is 10. The van der Waals surface area contributed by atoms with Crippen LogP contribution in [0.25, 0.3) is 34.1 Å². The number of alkyl halides is 6. The predicted molar refractivity (Wildman–Crippen MR) is 564 cm³/mol. The molecule has 1 aliphatic carbocycles. The molecule has 786 valence electrons. The molecule has 0 amide bonds. The lowest BCUT2D eigenvalue weighted by atomic mass is 9.72. The van der Waals surface area contributed by atoms with E-state index in [1.165, 1.54) is 93.5 Å². The molecule has 1 fully saturated rings. The smallest absolute Gasteiger partial charge is 0.411 e. The van der Waals surface area contributed by atoms with Gasteiger partial charge in [-0.1, -0.05) is 182 Å². The third-order valence-electron chi connectivity index (χ3n) is 21.9. The van der Waals surface area contributed by atoms with Gasteiger partial charge in [-0.25, -0.2) is 0 Å². The zero-order valence-corrected chi connectivity index (χ0v) is 87.3. The van der Waals surface area contributed by atoms with E-state index in [-0.39, 0.29) is 145 Å². The molecule has 10 aromatic carbocycles. The van der Waals surface area contributed by atoms with Gasteiger partial charge < -0.3 is 9.15 Å². The Balaban J connectivity index is 0.000000436. The molecule has 1 aliphatic rings. The third kappa shape index (κ3) is 46.0. The predicted octanol–water partition coefficient (Wildman–Crippen LogP) is 25.5. The summed E-state index contributed by atoms with van der Waals surface area (Å²) < 4.78 is 93.9. The zero-order chi connectivity index (χ0) is 113. The molecule has 12 rings (SSSR count). The van der Waals surface area contributed by atoms with Crippen molar-refractivity contribution in [2.45, 2.75) is 201 Å². The minimum absolute atomic E-state index is 0.0103. The molecular weight excluding hydrogens is 1940 g/mol. The number of fused-ring (bicyclic) bond motifs is 1. The first-order valence-corrected chi connectivity index (χ1v) is 47.0. The SMILES string of the molecule is CC(=O)C1CCC(C(C)=O)CC1.CC(=O)C=CC(C)=O.CC(=O)C=Cc1ccc(C=CC(C)=O)cc1.CC(=O)CC(C)=O.CC(=O)Cc1ccc(CC(C)=O)cc1.CC(=O)c1cc(=O)cc(C(C)=O)o1.CC(=O)c1ccc(-c2ccc(C(C)=O)cc2)cc1.CC(=O)c1ccc(C(c2ccc(C(C)=O)cc2)(C(F)(F)F)C(F)(F)F)cc1.CC(=O)c1ccc(Oc2ccc(C(C)=O)cc2)cc1.CC(=O)c1ccc2cc(C(C)=O)ccc2c1. The second kappa shape index (κ2) is 62.4. The van der Waals surface area contributed by atoms with E-state index in [1.54, 1.807) is 128 Å². The number of ether oxygens (including phenoxy) is 1. The Morgan fingerprint density at radius 1 is 0.280 bits per heavy atom. The zero-order valence-electron chi connectivity index (χ0n) is 87.3. The van der Waals surface area contributed by atoms with Gasteiger partial charge in [-0.15, -0.1) is 0 Å². The Hall–Kier alpha value is -16.6. The van der Waals surface area contributed by atoms with Gasteiger partial charge in [0, 0.05) is 95.2 Å². The van der Waals surface area contributed by atoms with Gasteiger partial charge in [0.2, 0.25) is 5.41 Å². The molecule has 0 spiro atoms. The summed E-state index contributed by atoms with van der Waals surface area (Å²) in [4.78, 5) is 228. The molecule has 1 aromatic heterocycles. The molecule has 29 heteroatoms. The monoisotopic (exact) mass is 2060 g/mol. The summed E-state index contributed by atoms with van der Waals surface area (Å²) in [5, 5.41) is 1.97. The summed E-state index contributed by atoms with van der Waals surface area (Å²) in [5.74, 6) is 0.794. The average Bonchev–Trinajstić information content (AvgIpc) is 0.713. The number of carbonyl (C=O) groups is 20. The topological polar surface area (TPSA) is 381 Å². The Morgan fingerprint density at radius 3 is 0.727 bits per heavy atom. The van der Waals surface area contributed by atoms with Crippen LogP contribution in [0, 0.1) is 11.8 Å². The number of hydrogen-bond donors (Lipinski definition) is 0. The first kappa shape index (κ1) is 128. The number of allylic oxidation sites excluding steroid dienone is 4. The molecule has 1 saturated carbocycles. The van der Waals surface area contributed by atoms with E-state index in [4.69, 9.17) is 9.15 Å². The van der Waals surface area contributed by atoms with Crippen LogP contribution in [0.2, 0.25) is 0 Å². The van der Waals surface area contributed by atoms with Gasteiger partial charge in [0.1, 0.15) is 46.2 Å². The van der Waals surface area contributed by atoms with E-state index in [1.807, 2.05) is 121 Å². The van der Waals surface area contributed by atoms with Gasteiger partial charge in [-0.05, 0) is 291 Å². The molecule has 23 nitrogen and oxygen atoms in total. The van der Waals surface area contributed by atoms with E-state index in [0.717, 1.165) is 120 Å². The van der Waals surface area contributed by atoms with Crippen molar-refractivity contribution in [3.8, 4) is 22.6 Å². The quantitative estimate of drug-likeness (QED) is 0.0182. The molecule has 0 unspecified atom stereocenters. The summed E-state index contributed by atoms with van der Waals surface area (Å²) in [6.07, 6.45) is 2.34. The highest BCUT2D eigenvalue weighted by molar-refractivity contribution is 6.04. The second-order valence-electron chi connectivity index (χ2n) is 35.1. The van der Waals surface area contributed by atoms with E-state index < -0.39 is 45.9 Å². The van der Waals surface area contributed by atoms with Crippen LogP contribution in [0.5, 0.6) is 11.5 Å². The fraction of sp³-hybridized carbons (Fsp3) is 0.264. The number of Topliss-reactive ketones (excluding diaryl/α,β-unsaturated/α-hetero) is 16. The van der Waals surface area contributed by atoms with E-state index >= 15 is 0 Å². The van der Waals surface area contributed by atoms with E-state index in [0.29, 0.717) is 82.0 Å². The Morgan fingerprint density at radius 2 is 0.520 bits per heavy atom. The largest absolute Gasteiger partial charge is 0.457 e. The Labute approximate surface area is 867 Å². The highest BCUT2D eigenvalue weighted by Crippen LogP contribution is 2.56. The van der Waals surface area contributed by atoms with Gasteiger partial charge in [-0.2, -0.15) is 26.3 Å². The number of ketones is 20. The molecule has 0 saturated heterocycles. The Kier molecular flexibility index (Phi) is 53.1. The van der Waals surface area contributed by atoms with Crippen molar-refractivity contribution < 1.29 is 131 Å². The summed E-state index contributed by atoms with van der Waals surface area (Å²) in [6.45, 7) is 29.2. The standard InChI is InChI=1S/C19H14F6O2.C16H14O3.C16H14O2.C14H12O2.C14H14O2.C12H14O2.C10H16O2.C9H8O4.C6H8O2.C5H8O2/c1-11(26)13-3-7-15(8-4-13)17(18(20,21)22,19(23,24)25)16-9-5-14(6-10-16)12(2)27;1-11(17)13-3-7-15(8-4-13)19-16-9-5-14(6-10-16)12(2)18;1-11(17)13-3-7-15(8-4-13)16-9-5-14(6-10-16)12(2)18;1-9(15)11-3-5-14-8-12(10(2)16)4-6-13(14)7-11;1-11(15)3-5-13-7-9-14(10-8-13)6-4-12(2)16;1-9(13)7-11-3-5-12(6-4-11)8-10(2)14;1-7(11)9-3-5-10(6-4-9)8(2)12;1-5(10)8-3-7(12)4-9(13-8)6(2)11;1-5(7)3-4-6(2)8;1-4(6)3-5(2)7/h3-10H,1-2H3;3-10H,1-2H3;3-10H,1-2H3;3-8H,1-2H3;3-10H,1-2H3;3-6H,7-8H2,1-2H3;9-10H,3-6H2,1-2H3;3-4H,1-2H3;3-4H,1-2H3;3H2,1-2H3. The lowest BCUT2D eigenvalue weighted by molar-refractivity contribution is -0.288. The molecule has 1 heterocycles. The lowest BCUT2D eigenvalue weighted by Crippen LogP contribution is -2.54. The first-order chi connectivity index (χ1) is 70.0. The molecule has 150 heavy (non-hydrogen) atoms. The molecule has 0 bridgehead atoms. The summed E-state index contributed by atoms with van der Waals surface area (Å²) in [7, 11) is 0. The van der Waals surface area contributed by atoms with Crippen LogP contribution in [0.4, 0.5) is 26.3 Å². The second-order valence-corrected chi connectivity index (χ2v) is 35.1. The summed E-state index contributed by atoms with van der Waals surface area (Å²) in [5.41, 5.74) is 3.28. The van der Waals surface area contributed by atoms with Gasteiger partial charge in [0.05, 0.1) is 6.42 Å². The minimum Gasteiger partial charge on any atom is -0.457 e. The Bertz CT molecular complexity index is 6420. The highest BCUT2D eigenvalue weighted by Gasteiger charge is 2.72. The highest BCUT2D eigenvalue weighted by atomic mass is 19.4. The molecule has 0 radical (unpaired) electrons. The van der Waals surface area contributed by atoms with Crippen molar-refractivity contribution in [3.05, 3.63) is 367 Å². The van der Waals surface area contributed by atoms with Gasteiger partial charge in [0.15, 0.2) is 97.9 Å². The third-order valence-corrected chi connectivity index (χ3v) is 21.9. The number of halogens is 6. The average molecular weight is 2060 g/mol. The first-order valence-electron chi connectivity index (χ1n) is 47.0. The number of rotatable bonds is 29. The summed E-state index contributed by atoms with van der Waals surface area (Å²) >= 11 is 0. The van der Waals surface area contributed by atoms with Crippen molar-refractivity contribution >= 4 is 139 Å². The normalized spacial score (nSPS) is 12.1. The van der Waals surface area contributed by atoms with Crippen LogP contribution in [0.15, 0.2) is 276 Å². The minimum atomic E-state index is -5.72. The van der Waals surface area contributed by atoms with Gasteiger partial charge >= 0.3 is 12.4 Å². The lowest BCUT2D eigenvalue weighted by Gasteiger charge is -2.38. The van der Waals surface area contributed by atoms with Crippen molar-refractivity contribution in [2.24, 2.45) is 11.8 Å². The van der Waals surface area contributed by atoms with Gasteiger partial charge in [-0.3, -0.25) is 101 Å². The summed E-state index contributed by atoms with van der Waals surface area (Å²) in [6, 6.07) is 63.5. The van der Waals surface area contributed by atoms with E-state index in [9.17, 15) is 127 Å². The molecule has 11 aromatic rings.